The smallest absolute Gasteiger partial charge is 0.392 e. The summed E-state index contributed by atoms with van der Waals surface area (Å²) < 4.78 is 49.6. The van der Waals surface area contributed by atoms with E-state index in [1.54, 1.807) is 0 Å². The normalized spacial score (nSPS) is 15.3. The molecule has 0 unspecified atom stereocenters. The van der Waals surface area contributed by atoms with Crippen LogP contribution in [-0.2, 0) is 12.7 Å². The number of aliphatic hydroxyl groups is 1. The summed E-state index contributed by atoms with van der Waals surface area (Å²) >= 11 is 0. The highest BCUT2D eigenvalue weighted by molar-refractivity contribution is 5.14. The predicted octanol–water partition coefficient (Wildman–Crippen LogP) is 1.59. The molecule has 2 nitrogen and oxygen atoms in total. The Balaban J connectivity index is 3.02. The Labute approximate surface area is 69.5 Å². The zero-order chi connectivity index (χ0) is 11.0. The second-order valence-corrected chi connectivity index (χ2v) is 2.04. The van der Waals surface area contributed by atoms with Crippen LogP contribution in [0.1, 0.15) is 14.0 Å². The lowest BCUT2D eigenvalue weighted by molar-refractivity contribution is -0.141. The summed E-state index contributed by atoms with van der Waals surface area (Å²) in [5.74, 6) is 0. The van der Waals surface area contributed by atoms with Gasteiger partial charge in [0, 0.05) is 6.20 Å². The molecule has 0 saturated carbocycles. The fraction of sp³-hybridized carbons (Fsp3) is 0.286. The first-order chi connectivity index (χ1) is 6.21. The van der Waals surface area contributed by atoms with Crippen LogP contribution in [0, 0.1) is 0 Å². The molecule has 66 valence electrons. The summed E-state index contributed by atoms with van der Waals surface area (Å²) in [5.41, 5.74) is -1.43. The van der Waals surface area contributed by atoms with E-state index >= 15 is 0 Å². The molecule has 1 aromatic heterocycles. The van der Waals surface area contributed by atoms with Crippen molar-refractivity contribution in [3.05, 3.63) is 29.6 Å². The predicted molar refractivity (Wildman–Crippen MR) is 35.2 cm³/mol. The van der Waals surface area contributed by atoms with E-state index in [1.165, 1.54) is 0 Å². The van der Waals surface area contributed by atoms with Crippen LogP contribution < -0.4 is 0 Å². The van der Waals surface area contributed by atoms with Gasteiger partial charge in [0.2, 0.25) is 0 Å². The van der Waals surface area contributed by atoms with Gasteiger partial charge in [0.15, 0.2) is 0 Å². The molecule has 1 heterocycles. The summed E-state index contributed by atoms with van der Waals surface area (Å²) in [6, 6.07) is 1.46. The largest absolute Gasteiger partial charge is 0.433 e. The second-order valence-electron chi connectivity index (χ2n) is 2.04. The van der Waals surface area contributed by atoms with Gasteiger partial charge in [0.1, 0.15) is 5.69 Å². The van der Waals surface area contributed by atoms with Crippen molar-refractivity contribution in [1.29, 1.82) is 0 Å². The molecule has 0 saturated heterocycles. The van der Waals surface area contributed by atoms with E-state index in [1.807, 2.05) is 0 Å². The standard InChI is InChI=1S/C7H6F3NO/c8-7(9,10)6-2-1-5(4-12)3-11-6/h1-3,12H,4H2/i4D2. The number of aromatic nitrogens is 1. The molecular weight excluding hydrogens is 171 g/mol. The molecule has 0 aliphatic heterocycles. The minimum absolute atomic E-state index is 0.314. The van der Waals surface area contributed by atoms with Gasteiger partial charge in [-0.15, -0.1) is 0 Å². The maximum Gasteiger partial charge on any atom is 0.433 e. The lowest BCUT2D eigenvalue weighted by atomic mass is 10.2. The average Bonchev–Trinajstić information content (AvgIpc) is 2.01. The number of hydrogen-bond donors (Lipinski definition) is 1. The molecule has 0 aliphatic carbocycles. The van der Waals surface area contributed by atoms with Crippen molar-refractivity contribution in [2.75, 3.05) is 0 Å². The summed E-state index contributed by atoms with van der Waals surface area (Å²) in [4.78, 5) is 2.99. The Morgan fingerprint density at radius 1 is 1.50 bits per heavy atom. The minimum atomic E-state index is -4.55. The molecule has 0 aromatic carbocycles. The molecule has 0 bridgehead atoms. The van der Waals surface area contributed by atoms with Crippen molar-refractivity contribution in [2.24, 2.45) is 0 Å². The summed E-state index contributed by atoms with van der Waals surface area (Å²) in [7, 11) is 0. The van der Waals surface area contributed by atoms with E-state index in [0.29, 0.717) is 12.3 Å². The monoisotopic (exact) mass is 179 g/mol. The molecule has 1 N–H and O–H groups in total. The van der Waals surface area contributed by atoms with Gasteiger partial charge in [-0.2, -0.15) is 13.2 Å². The Morgan fingerprint density at radius 2 is 2.17 bits per heavy atom. The van der Waals surface area contributed by atoms with Crippen molar-refractivity contribution in [2.45, 2.75) is 12.7 Å². The fourth-order valence-corrected chi connectivity index (χ4v) is 0.628. The van der Waals surface area contributed by atoms with Crippen molar-refractivity contribution in [3.8, 4) is 0 Å². The zero-order valence-corrected chi connectivity index (χ0v) is 5.76. The third-order valence-corrected chi connectivity index (χ3v) is 1.18. The number of nitrogens with zero attached hydrogens (tertiary/aromatic N) is 1. The first kappa shape index (κ1) is 6.42. The Hall–Kier alpha value is -1.10. The number of pyridine rings is 1. The van der Waals surface area contributed by atoms with Gasteiger partial charge < -0.3 is 5.11 Å². The lowest BCUT2D eigenvalue weighted by Crippen LogP contribution is -2.07. The third kappa shape index (κ3) is 1.94. The Kier molecular flexibility index (Phi) is 1.66. The van der Waals surface area contributed by atoms with Gasteiger partial charge in [-0.25, -0.2) is 0 Å². The molecule has 1 rings (SSSR count). The van der Waals surface area contributed by atoms with E-state index in [0.717, 1.165) is 6.07 Å². The highest BCUT2D eigenvalue weighted by atomic mass is 19.4. The van der Waals surface area contributed by atoms with E-state index < -0.39 is 18.4 Å². The molecule has 0 fully saturated rings. The first-order valence-electron chi connectivity index (χ1n) is 3.97. The number of hydrogen-bond acceptors (Lipinski definition) is 2. The van der Waals surface area contributed by atoms with Crippen LogP contribution in [0.15, 0.2) is 18.3 Å². The zero-order valence-electron chi connectivity index (χ0n) is 7.76. The average molecular weight is 179 g/mol. The molecule has 1 aromatic rings. The summed E-state index contributed by atoms with van der Waals surface area (Å²) in [6.45, 7) is -2.67. The van der Waals surface area contributed by atoms with Gasteiger partial charge in [-0.1, -0.05) is 6.07 Å². The molecular formula is C7H6F3NO. The van der Waals surface area contributed by atoms with Crippen molar-refractivity contribution in [3.63, 3.8) is 0 Å². The third-order valence-electron chi connectivity index (χ3n) is 1.18. The van der Waals surface area contributed by atoms with Crippen LogP contribution in [-0.4, -0.2) is 10.1 Å². The van der Waals surface area contributed by atoms with E-state index in [9.17, 15) is 13.2 Å². The van der Waals surface area contributed by atoms with Crippen LogP contribution in [0.5, 0.6) is 0 Å². The number of rotatable bonds is 1. The lowest BCUT2D eigenvalue weighted by Gasteiger charge is -2.04. The van der Waals surface area contributed by atoms with Crippen LogP contribution in [0.3, 0.4) is 0 Å². The van der Waals surface area contributed by atoms with Crippen molar-refractivity contribution >= 4 is 0 Å². The molecule has 0 radical (unpaired) electrons. The van der Waals surface area contributed by atoms with E-state index in [4.69, 9.17) is 7.85 Å². The van der Waals surface area contributed by atoms with Gasteiger partial charge in [-0.3, -0.25) is 4.98 Å². The van der Waals surface area contributed by atoms with Crippen molar-refractivity contribution in [1.82, 2.24) is 4.98 Å². The fourth-order valence-electron chi connectivity index (χ4n) is 0.628. The quantitative estimate of drug-likeness (QED) is 0.710. The molecule has 12 heavy (non-hydrogen) atoms. The molecule has 0 atom stereocenters. The van der Waals surface area contributed by atoms with Crippen LogP contribution in [0.4, 0.5) is 13.2 Å². The number of halogens is 3. The summed E-state index contributed by atoms with van der Waals surface area (Å²) in [5, 5.41) is 8.79. The van der Waals surface area contributed by atoms with Crippen LogP contribution in [0.2, 0.25) is 0 Å². The summed E-state index contributed by atoms with van der Waals surface area (Å²) in [6.07, 6.45) is -3.90. The first-order valence-corrected chi connectivity index (χ1v) is 2.97. The van der Waals surface area contributed by atoms with Crippen LogP contribution in [0.25, 0.3) is 0 Å². The molecule has 5 heteroatoms. The molecule has 0 amide bonds. The SMILES string of the molecule is [2H]C([2H])(O)c1ccc(C(F)(F)F)nc1. The Morgan fingerprint density at radius 3 is 2.50 bits per heavy atom. The molecule has 0 aliphatic rings. The molecule has 0 spiro atoms. The van der Waals surface area contributed by atoms with Gasteiger partial charge >= 0.3 is 6.18 Å². The minimum Gasteiger partial charge on any atom is -0.392 e. The van der Waals surface area contributed by atoms with Gasteiger partial charge in [0.25, 0.3) is 0 Å². The number of alkyl halides is 3. The van der Waals surface area contributed by atoms with Gasteiger partial charge in [0.05, 0.1) is 9.30 Å². The highest BCUT2D eigenvalue weighted by Gasteiger charge is 2.31. The van der Waals surface area contributed by atoms with E-state index in [-0.39, 0.29) is 5.56 Å². The topological polar surface area (TPSA) is 33.1 Å². The Bertz CT molecular complexity index is 284. The maximum atomic E-state index is 12.0. The highest BCUT2D eigenvalue weighted by Crippen LogP contribution is 2.26. The maximum absolute atomic E-state index is 12.0. The second kappa shape index (κ2) is 3.10. The van der Waals surface area contributed by atoms with Crippen LogP contribution >= 0.6 is 0 Å². The van der Waals surface area contributed by atoms with E-state index in [2.05, 4.69) is 4.98 Å². The van der Waals surface area contributed by atoms with Crippen molar-refractivity contribution < 1.29 is 21.0 Å². The van der Waals surface area contributed by atoms with Gasteiger partial charge in [-0.05, 0) is 11.6 Å².